The van der Waals surface area contributed by atoms with Crippen LogP contribution in [0.15, 0.2) is 41.4 Å². The van der Waals surface area contributed by atoms with E-state index in [1.807, 2.05) is 6.92 Å². The summed E-state index contributed by atoms with van der Waals surface area (Å²) in [6.07, 6.45) is 2.12. The first-order valence-corrected chi connectivity index (χ1v) is 7.37. The Morgan fingerprint density at radius 2 is 1.79 bits per heavy atom. The van der Waals surface area contributed by atoms with Crippen LogP contribution in [0.1, 0.15) is 11.3 Å². The first-order chi connectivity index (χ1) is 8.88. The smallest absolute Gasteiger partial charge is 0.196 e. The highest BCUT2D eigenvalue weighted by Gasteiger charge is 2.21. The Bertz CT molecular complexity index is 659. The van der Waals surface area contributed by atoms with E-state index in [0.717, 1.165) is 5.56 Å². The van der Waals surface area contributed by atoms with Gasteiger partial charge in [-0.25, -0.2) is 8.42 Å². The van der Waals surface area contributed by atoms with Crippen LogP contribution in [0.5, 0.6) is 0 Å². The SMILES string of the molecule is Cc1cc[n+]2n1CC2.Cc1ccc(S(=O)(=O)[O-])cc1. The Labute approximate surface area is 112 Å². The van der Waals surface area contributed by atoms with Crippen molar-refractivity contribution >= 4 is 10.1 Å². The second-order valence-electron chi connectivity index (χ2n) is 4.51. The Hall–Kier alpha value is -1.66. The summed E-state index contributed by atoms with van der Waals surface area (Å²) in [6, 6.07) is 7.93. The molecular formula is C13H16N2O3S. The molecule has 3 rings (SSSR count). The van der Waals surface area contributed by atoms with E-state index < -0.39 is 10.1 Å². The third-order valence-corrected chi connectivity index (χ3v) is 3.91. The summed E-state index contributed by atoms with van der Waals surface area (Å²) in [5.41, 5.74) is 2.30. The molecule has 0 fully saturated rings. The Morgan fingerprint density at radius 3 is 2.11 bits per heavy atom. The predicted molar refractivity (Wildman–Crippen MR) is 68.5 cm³/mol. The number of aromatic nitrogens is 2. The van der Waals surface area contributed by atoms with Gasteiger partial charge in [0.1, 0.15) is 16.7 Å². The van der Waals surface area contributed by atoms with Gasteiger partial charge in [-0.3, -0.25) is 0 Å². The standard InChI is InChI=1S/C7H8O3S.C6H9N2/c1-6-2-4-7(5-3-6)11(8,9)10;1-6-2-3-7-4-5-8(6)7/h2-5H,1H3,(H,8,9,10);2-3H,4-5H2,1H3/q;+1/p-1. The van der Waals surface area contributed by atoms with Crippen LogP contribution >= 0.6 is 0 Å². The van der Waals surface area contributed by atoms with Crippen LogP contribution in [-0.4, -0.2) is 17.7 Å². The molecule has 0 aliphatic carbocycles. The zero-order valence-electron chi connectivity index (χ0n) is 10.9. The van der Waals surface area contributed by atoms with Gasteiger partial charge in [-0.2, -0.15) is 4.68 Å². The molecule has 2 aromatic rings. The van der Waals surface area contributed by atoms with Gasteiger partial charge in [0, 0.05) is 6.07 Å². The number of hydrogen-bond acceptors (Lipinski definition) is 3. The van der Waals surface area contributed by atoms with Gasteiger partial charge < -0.3 is 4.55 Å². The summed E-state index contributed by atoms with van der Waals surface area (Å²) < 4.78 is 35.6. The molecule has 5 nitrogen and oxygen atoms in total. The molecule has 0 atom stereocenters. The van der Waals surface area contributed by atoms with Crippen molar-refractivity contribution in [2.24, 2.45) is 0 Å². The van der Waals surface area contributed by atoms with Gasteiger partial charge in [0.25, 0.3) is 0 Å². The topological polar surface area (TPSA) is 66.0 Å². The van der Waals surface area contributed by atoms with Gasteiger partial charge in [-0.1, -0.05) is 17.7 Å². The summed E-state index contributed by atoms with van der Waals surface area (Å²) in [5, 5.41) is 0. The van der Waals surface area contributed by atoms with Gasteiger partial charge in [-0.15, -0.1) is 4.68 Å². The number of hydrogen-bond donors (Lipinski definition) is 0. The molecule has 0 N–H and O–H groups in total. The van der Waals surface area contributed by atoms with Gasteiger partial charge in [0.15, 0.2) is 12.7 Å². The van der Waals surface area contributed by atoms with Crippen molar-refractivity contribution in [1.82, 2.24) is 4.68 Å². The lowest BCUT2D eigenvalue weighted by Gasteiger charge is -2.09. The maximum absolute atomic E-state index is 10.4. The third-order valence-electron chi connectivity index (χ3n) is 3.06. The fourth-order valence-electron chi connectivity index (χ4n) is 1.83. The van der Waals surface area contributed by atoms with Crippen molar-refractivity contribution in [2.75, 3.05) is 0 Å². The maximum Gasteiger partial charge on any atom is 0.196 e. The highest BCUT2D eigenvalue weighted by molar-refractivity contribution is 7.85. The second-order valence-corrected chi connectivity index (χ2v) is 5.89. The van der Waals surface area contributed by atoms with Crippen molar-refractivity contribution in [2.45, 2.75) is 31.8 Å². The van der Waals surface area contributed by atoms with Gasteiger partial charge >= 0.3 is 0 Å². The van der Waals surface area contributed by atoms with E-state index >= 15 is 0 Å². The first kappa shape index (κ1) is 13.8. The normalized spacial score (nSPS) is 13.0. The van der Waals surface area contributed by atoms with Crippen molar-refractivity contribution in [3.8, 4) is 0 Å². The fraction of sp³-hybridized carbons (Fsp3) is 0.308. The third kappa shape index (κ3) is 3.21. The zero-order chi connectivity index (χ0) is 14.0. The highest BCUT2D eigenvalue weighted by atomic mass is 32.2. The molecule has 19 heavy (non-hydrogen) atoms. The van der Waals surface area contributed by atoms with Crippen molar-refractivity contribution in [1.29, 1.82) is 0 Å². The summed E-state index contributed by atoms with van der Waals surface area (Å²) in [7, 11) is -4.27. The average Bonchev–Trinajstić information content (AvgIpc) is 2.51. The highest BCUT2D eigenvalue weighted by Crippen LogP contribution is 2.08. The van der Waals surface area contributed by atoms with Crippen LogP contribution in [0.25, 0.3) is 0 Å². The lowest BCUT2D eigenvalue weighted by molar-refractivity contribution is -0.825. The molecule has 6 heteroatoms. The van der Waals surface area contributed by atoms with Gasteiger partial charge in [-0.05, 0) is 26.0 Å². The minimum atomic E-state index is -4.27. The zero-order valence-corrected chi connectivity index (χ0v) is 11.7. The lowest BCUT2D eigenvalue weighted by Crippen LogP contribution is -2.54. The summed E-state index contributed by atoms with van der Waals surface area (Å²) >= 11 is 0. The van der Waals surface area contributed by atoms with E-state index in [-0.39, 0.29) is 4.90 Å². The molecule has 2 heterocycles. The fourth-order valence-corrected chi connectivity index (χ4v) is 2.30. The van der Waals surface area contributed by atoms with Crippen LogP contribution in [0.2, 0.25) is 0 Å². The molecular weight excluding hydrogens is 264 g/mol. The molecule has 0 bridgehead atoms. The molecule has 1 aromatic carbocycles. The van der Waals surface area contributed by atoms with Crippen molar-refractivity contribution in [3.05, 3.63) is 47.8 Å². The van der Waals surface area contributed by atoms with Crippen LogP contribution < -0.4 is 4.68 Å². The molecule has 1 aliphatic heterocycles. The molecule has 102 valence electrons. The molecule has 0 saturated carbocycles. The quantitative estimate of drug-likeness (QED) is 0.578. The first-order valence-electron chi connectivity index (χ1n) is 5.96. The van der Waals surface area contributed by atoms with Crippen molar-refractivity contribution in [3.63, 3.8) is 0 Å². The molecule has 0 saturated heterocycles. The van der Waals surface area contributed by atoms with Gasteiger partial charge in [0.05, 0.1) is 10.6 Å². The average molecular weight is 280 g/mol. The molecule has 0 amide bonds. The number of fused-ring (bicyclic) bond motifs is 1. The van der Waals surface area contributed by atoms with Crippen LogP contribution in [-0.2, 0) is 23.2 Å². The van der Waals surface area contributed by atoms with Crippen LogP contribution in [0.3, 0.4) is 0 Å². The number of rotatable bonds is 1. The van der Waals surface area contributed by atoms with Crippen LogP contribution in [0.4, 0.5) is 0 Å². The minimum absolute atomic E-state index is 0.178. The largest absolute Gasteiger partial charge is 0.744 e. The number of aryl methyl sites for hydroxylation is 3. The van der Waals surface area contributed by atoms with E-state index in [1.54, 1.807) is 12.1 Å². The summed E-state index contributed by atoms with van der Waals surface area (Å²) in [6.45, 7) is 6.36. The Balaban J connectivity index is 0.000000146. The van der Waals surface area contributed by atoms with E-state index in [2.05, 4.69) is 28.6 Å². The van der Waals surface area contributed by atoms with Crippen LogP contribution in [0, 0.1) is 13.8 Å². The molecule has 0 radical (unpaired) electrons. The second kappa shape index (κ2) is 5.14. The molecule has 1 aliphatic rings. The number of benzene rings is 1. The number of nitrogens with zero attached hydrogens (tertiary/aromatic N) is 2. The molecule has 0 spiro atoms. The summed E-state index contributed by atoms with van der Waals surface area (Å²) in [5.74, 6) is 0. The van der Waals surface area contributed by atoms with Crippen molar-refractivity contribution < 1.29 is 17.7 Å². The molecule has 1 aromatic heterocycles. The van der Waals surface area contributed by atoms with E-state index in [0.29, 0.717) is 0 Å². The maximum atomic E-state index is 10.4. The Morgan fingerprint density at radius 1 is 1.16 bits per heavy atom. The summed E-state index contributed by atoms with van der Waals surface area (Å²) in [4.78, 5) is -0.178. The van der Waals surface area contributed by atoms with E-state index in [4.69, 9.17) is 0 Å². The Kier molecular flexibility index (Phi) is 3.73. The minimum Gasteiger partial charge on any atom is -0.744 e. The lowest BCUT2D eigenvalue weighted by atomic mass is 10.2. The van der Waals surface area contributed by atoms with E-state index in [9.17, 15) is 13.0 Å². The monoisotopic (exact) mass is 280 g/mol. The van der Waals surface area contributed by atoms with E-state index in [1.165, 1.54) is 30.9 Å². The predicted octanol–water partition coefficient (Wildman–Crippen LogP) is 0.997. The van der Waals surface area contributed by atoms with Gasteiger partial charge in [0.2, 0.25) is 0 Å². The molecule has 0 unspecified atom stereocenters.